The molecule has 0 radical (unpaired) electrons. The normalized spacial score (nSPS) is 13.8. The first-order chi connectivity index (χ1) is 7.43. The fourth-order valence-corrected chi connectivity index (χ4v) is 1.34. The van der Waals surface area contributed by atoms with Crippen LogP contribution >= 0.6 is 0 Å². The van der Waals surface area contributed by atoms with Crippen LogP contribution in [0.2, 0.25) is 0 Å². The highest BCUT2D eigenvalue weighted by atomic mass is 16.3. The fourth-order valence-electron chi connectivity index (χ4n) is 1.34. The topological polar surface area (TPSA) is 32.3 Å². The number of hydrogen-bond acceptors (Lipinski definition) is 2. The Morgan fingerprint density at radius 3 is 2.06 bits per heavy atom. The van der Waals surface area contributed by atoms with Gasteiger partial charge < -0.3 is 10.4 Å². The third-order valence-electron chi connectivity index (χ3n) is 3.12. The van der Waals surface area contributed by atoms with Crippen LogP contribution in [0, 0.1) is 5.41 Å². The summed E-state index contributed by atoms with van der Waals surface area (Å²) in [6.45, 7) is 9.91. The van der Waals surface area contributed by atoms with Gasteiger partial charge in [0.15, 0.2) is 0 Å². The number of rotatable bonds is 4. The molecule has 0 aromatic heterocycles. The highest BCUT2D eigenvalue weighted by Crippen LogP contribution is 2.18. The summed E-state index contributed by atoms with van der Waals surface area (Å²) in [4.78, 5) is 0. The maximum atomic E-state index is 8.94. The number of aliphatic hydroxyl groups is 1. The van der Waals surface area contributed by atoms with Gasteiger partial charge in [0, 0.05) is 12.6 Å². The van der Waals surface area contributed by atoms with Gasteiger partial charge in [0.1, 0.15) is 0 Å². The molecule has 1 rings (SSSR count). The third-order valence-corrected chi connectivity index (χ3v) is 3.12. The minimum absolute atomic E-state index is 0.117. The van der Waals surface area contributed by atoms with Crippen molar-refractivity contribution < 1.29 is 5.11 Å². The predicted molar refractivity (Wildman–Crippen MR) is 68.1 cm³/mol. The molecule has 0 saturated carbocycles. The van der Waals surface area contributed by atoms with E-state index in [1.165, 1.54) is 5.56 Å². The molecule has 1 atom stereocenters. The zero-order valence-electron chi connectivity index (χ0n) is 10.7. The number of hydrogen-bond donors (Lipinski definition) is 2. The van der Waals surface area contributed by atoms with Crippen LogP contribution in [-0.4, -0.2) is 11.1 Å². The molecular formula is C14H23NO. The first kappa shape index (κ1) is 13.2. The largest absolute Gasteiger partial charge is 0.392 e. The van der Waals surface area contributed by atoms with Crippen LogP contribution in [0.5, 0.6) is 0 Å². The summed E-state index contributed by atoms with van der Waals surface area (Å²) >= 11 is 0. The summed E-state index contributed by atoms with van der Waals surface area (Å²) in [6.07, 6.45) is 0. The van der Waals surface area contributed by atoms with E-state index in [0.717, 1.165) is 12.1 Å². The van der Waals surface area contributed by atoms with Crippen molar-refractivity contribution in [2.24, 2.45) is 5.41 Å². The zero-order valence-corrected chi connectivity index (χ0v) is 10.7. The molecule has 1 aromatic carbocycles. The highest BCUT2D eigenvalue weighted by molar-refractivity contribution is 5.21. The maximum absolute atomic E-state index is 8.94. The molecule has 0 aliphatic heterocycles. The van der Waals surface area contributed by atoms with Gasteiger partial charge in [-0.1, -0.05) is 45.0 Å². The second-order valence-corrected chi connectivity index (χ2v) is 5.44. The van der Waals surface area contributed by atoms with Gasteiger partial charge >= 0.3 is 0 Å². The lowest BCUT2D eigenvalue weighted by Crippen LogP contribution is -2.37. The van der Waals surface area contributed by atoms with Gasteiger partial charge in [-0.05, 0) is 23.5 Å². The van der Waals surface area contributed by atoms with Crippen molar-refractivity contribution in [2.75, 3.05) is 0 Å². The Morgan fingerprint density at radius 2 is 1.62 bits per heavy atom. The molecule has 0 spiro atoms. The Hall–Kier alpha value is -0.860. The molecule has 90 valence electrons. The van der Waals surface area contributed by atoms with Crippen LogP contribution in [-0.2, 0) is 13.2 Å². The van der Waals surface area contributed by atoms with Crippen LogP contribution in [0.15, 0.2) is 24.3 Å². The van der Waals surface area contributed by atoms with E-state index in [0.29, 0.717) is 6.04 Å². The van der Waals surface area contributed by atoms with E-state index in [4.69, 9.17) is 5.11 Å². The lowest BCUT2D eigenvalue weighted by molar-refractivity contribution is 0.281. The van der Waals surface area contributed by atoms with Gasteiger partial charge in [-0.25, -0.2) is 0 Å². The third kappa shape index (κ3) is 3.95. The van der Waals surface area contributed by atoms with Crippen LogP contribution in [0.25, 0.3) is 0 Å². The second-order valence-electron chi connectivity index (χ2n) is 5.44. The Kier molecular flexibility index (Phi) is 4.51. The molecule has 0 amide bonds. The van der Waals surface area contributed by atoms with Crippen molar-refractivity contribution in [3.8, 4) is 0 Å². The van der Waals surface area contributed by atoms with E-state index < -0.39 is 0 Å². The minimum Gasteiger partial charge on any atom is -0.392 e. The van der Waals surface area contributed by atoms with Crippen molar-refractivity contribution in [3.05, 3.63) is 35.4 Å². The van der Waals surface area contributed by atoms with E-state index in [-0.39, 0.29) is 12.0 Å². The summed E-state index contributed by atoms with van der Waals surface area (Å²) in [7, 11) is 0. The van der Waals surface area contributed by atoms with E-state index in [1.807, 2.05) is 12.1 Å². The minimum atomic E-state index is 0.117. The van der Waals surface area contributed by atoms with Crippen LogP contribution in [0.1, 0.15) is 38.8 Å². The molecule has 0 fully saturated rings. The highest BCUT2D eigenvalue weighted by Gasteiger charge is 2.18. The molecule has 2 nitrogen and oxygen atoms in total. The van der Waals surface area contributed by atoms with Crippen molar-refractivity contribution in [3.63, 3.8) is 0 Å². The standard InChI is InChI=1S/C14H23NO/c1-11(14(2,3)4)15-9-12-5-7-13(10-16)8-6-12/h5-8,11,15-16H,9-10H2,1-4H3. The number of nitrogens with one attached hydrogen (secondary N) is 1. The molecule has 2 N–H and O–H groups in total. The first-order valence-electron chi connectivity index (χ1n) is 5.85. The Labute approximate surface area is 98.7 Å². The van der Waals surface area contributed by atoms with E-state index in [9.17, 15) is 0 Å². The maximum Gasteiger partial charge on any atom is 0.0681 e. The van der Waals surface area contributed by atoms with Crippen molar-refractivity contribution in [1.82, 2.24) is 5.32 Å². The predicted octanol–water partition coefficient (Wildman–Crippen LogP) is 2.70. The molecule has 0 aliphatic rings. The van der Waals surface area contributed by atoms with E-state index in [1.54, 1.807) is 0 Å². The smallest absolute Gasteiger partial charge is 0.0681 e. The molecule has 1 unspecified atom stereocenters. The average molecular weight is 221 g/mol. The summed E-state index contributed by atoms with van der Waals surface area (Å²) in [6, 6.07) is 8.55. The van der Waals surface area contributed by atoms with Gasteiger partial charge in [0.05, 0.1) is 6.61 Å². The molecule has 16 heavy (non-hydrogen) atoms. The Bertz CT molecular complexity index is 311. The van der Waals surface area contributed by atoms with Crippen molar-refractivity contribution in [2.45, 2.75) is 46.9 Å². The number of benzene rings is 1. The monoisotopic (exact) mass is 221 g/mol. The second kappa shape index (κ2) is 5.46. The summed E-state index contributed by atoms with van der Waals surface area (Å²) in [5, 5.41) is 12.5. The van der Waals surface area contributed by atoms with Crippen LogP contribution < -0.4 is 5.32 Å². The number of aliphatic hydroxyl groups excluding tert-OH is 1. The van der Waals surface area contributed by atoms with E-state index >= 15 is 0 Å². The van der Waals surface area contributed by atoms with E-state index in [2.05, 4.69) is 45.1 Å². The van der Waals surface area contributed by atoms with Gasteiger partial charge in [-0.2, -0.15) is 0 Å². The molecule has 2 heteroatoms. The quantitative estimate of drug-likeness (QED) is 0.819. The zero-order chi connectivity index (χ0) is 12.2. The summed E-state index contributed by atoms with van der Waals surface area (Å²) in [5.74, 6) is 0. The SMILES string of the molecule is CC(NCc1ccc(CO)cc1)C(C)(C)C. The molecule has 1 aromatic rings. The lowest BCUT2D eigenvalue weighted by atomic mass is 9.88. The van der Waals surface area contributed by atoms with Crippen LogP contribution in [0.3, 0.4) is 0 Å². The average Bonchev–Trinajstić information content (AvgIpc) is 2.25. The van der Waals surface area contributed by atoms with Crippen LogP contribution in [0.4, 0.5) is 0 Å². The van der Waals surface area contributed by atoms with Gasteiger partial charge in [-0.15, -0.1) is 0 Å². The Balaban J connectivity index is 2.48. The summed E-state index contributed by atoms with van der Waals surface area (Å²) < 4.78 is 0. The Morgan fingerprint density at radius 1 is 1.12 bits per heavy atom. The van der Waals surface area contributed by atoms with Crippen molar-refractivity contribution >= 4 is 0 Å². The lowest BCUT2D eigenvalue weighted by Gasteiger charge is -2.28. The first-order valence-corrected chi connectivity index (χ1v) is 5.85. The van der Waals surface area contributed by atoms with Gasteiger partial charge in [-0.3, -0.25) is 0 Å². The fraction of sp³-hybridized carbons (Fsp3) is 0.571. The van der Waals surface area contributed by atoms with Crippen molar-refractivity contribution in [1.29, 1.82) is 0 Å². The van der Waals surface area contributed by atoms with Gasteiger partial charge in [0.25, 0.3) is 0 Å². The molecular weight excluding hydrogens is 198 g/mol. The summed E-state index contributed by atoms with van der Waals surface area (Å²) in [5.41, 5.74) is 2.51. The molecule has 0 heterocycles. The molecule has 0 bridgehead atoms. The molecule has 0 aliphatic carbocycles. The molecule has 0 saturated heterocycles. The van der Waals surface area contributed by atoms with Gasteiger partial charge in [0.2, 0.25) is 0 Å².